The lowest BCUT2D eigenvalue weighted by Crippen LogP contribution is -2.35. The van der Waals surface area contributed by atoms with Gasteiger partial charge in [0.2, 0.25) is 0 Å². The molecule has 1 amide bonds. The molecular formula is C6H7ClN2O. The Morgan fingerprint density at radius 1 is 1.60 bits per heavy atom. The van der Waals surface area contributed by atoms with Gasteiger partial charge >= 0.3 is 0 Å². The van der Waals surface area contributed by atoms with Crippen LogP contribution in [0.2, 0.25) is 0 Å². The zero-order valence-electron chi connectivity index (χ0n) is 5.28. The van der Waals surface area contributed by atoms with E-state index in [1.165, 1.54) is 6.08 Å². The third-order valence-corrected chi connectivity index (χ3v) is 1.32. The van der Waals surface area contributed by atoms with E-state index >= 15 is 0 Å². The van der Waals surface area contributed by atoms with E-state index in [1.807, 2.05) is 0 Å². The summed E-state index contributed by atoms with van der Waals surface area (Å²) in [6.07, 6.45) is 1.40. The van der Waals surface area contributed by atoms with Crippen LogP contribution in [0.3, 0.4) is 0 Å². The monoisotopic (exact) mass is 158 g/mol. The van der Waals surface area contributed by atoms with E-state index in [0.29, 0.717) is 17.4 Å². The number of nitrogens with one attached hydrogen (secondary N) is 2. The molecule has 0 aliphatic carbocycles. The summed E-state index contributed by atoms with van der Waals surface area (Å²) < 4.78 is 0. The predicted octanol–water partition coefficient (Wildman–Crippen LogP) is 0.300. The molecule has 0 saturated heterocycles. The molecule has 0 aromatic carbocycles. The van der Waals surface area contributed by atoms with Gasteiger partial charge < -0.3 is 10.6 Å². The fourth-order valence-electron chi connectivity index (χ4n) is 0.676. The van der Waals surface area contributed by atoms with Crippen molar-refractivity contribution in [3.8, 4) is 0 Å². The highest BCUT2D eigenvalue weighted by molar-refractivity contribution is 6.19. The second-order valence-corrected chi connectivity index (χ2v) is 2.16. The third kappa shape index (κ3) is 1.51. The number of hydrogen-bond donors (Lipinski definition) is 2. The van der Waals surface area contributed by atoms with Gasteiger partial charge in [0.25, 0.3) is 5.91 Å². The fourth-order valence-corrected chi connectivity index (χ4v) is 0.820. The Morgan fingerprint density at radius 2 is 2.30 bits per heavy atom. The average Bonchev–Trinajstić information content (AvgIpc) is 1.85. The van der Waals surface area contributed by atoms with Crippen molar-refractivity contribution in [1.29, 1.82) is 0 Å². The average molecular weight is 159 g/mol. The van der Waals surface area contributed by atoms with Gasteiger partial charge in [-0.3, -0.25) is 4.79 Å². The third-order valence-electron chi connectivity index (χ3n) is 1.03. The zero-order valence-corrected chi connectivity index (χ0v) is 6.03. The van der Waals surface area contributed by atoms with Crippen molar-refractivity contribution in [3.05, 3.63) is 24.2 Å². The number of alkyl halides is 1. The molecule has 54 valence electrons. The Labute approximate surface area is 63.7 Å². The molecule has 10 heavy (non-hydrogen) atoms. The second-order valence-electron chi connectivity index (χ2n) is 1.90. The van der Waals surface area contributed by atoms with Gasteiger partial charge in [0.05, 0.1) is 5.88 Å². The van der Waals surface area contributed by atoms with Crippen LogP contribution < -0.4 is 10.6 Å². The summed E-state index contributed by atoms with van der Waals surface area (Å²) in [6.45, 7) is 3.52. The molecule has 1 aliphatic rings. The van der Waals surface area contributed by atoms with Crippen LogP contribution in [0, 0.1) is 0 Å². The van der Waals surface area contributed by atoms with Gasteiger partial charge in [0.1, 0.15) is 5.82 Å². The van der Waals surface area contributed by atoms with Gasteiger partial charge in [0, 0.05) is 11.8 Å². The molecule has 2 N–H and O–H groups in total. The molecule has 3 nitrogen and oxygen atoms in total. The summed E-state index contributed by atoms with van der Waals surface area (Å²) in [5, 5.41) is 5.26. The first-order valence-corrected chi connectivity index (χ1v) is 3.29. The van der Waals surface area contributed by atoms with Gasteiger partial charge in [0.15, 0.2) is 0 Å². The van der Waals surface area contributed by atoms with E-state index in [1.54, 1.807) is 0 Å². The first kappa shape index (κ1) is 7.15. The van der Waals surface area contributed by atoms with Crippen LogP contribution in [-0.2, 0) is 4.79 Å². The highest BCUT2D eigenvalue weighted by atomic mass is 35.5. The molecule has 1 rings (SSSR count). The smallest absolute Gasteiger partial charge is 0.251 e. The maximum Gasteiger partial charge on any atom is 0.251 e. The molecule has 1 aliphatic heterocycles. The van der Waals surface area contributed by atoms with E-state index in [2.05, 4.69) is 17.2 Å². The number of carbonyl (C=O) groups is 1. The van der Waals surface area contributed by atoms with Crippen LogP contribution in [0.25, 0.3) is 0 Å². The van der Waals surface area contributed by atoms with E-state index in [-0.39, 0.29) is 5.91 Å². The van der Waals surface area contributed by atoms with Gasteiger partial charge in [-0.05, 0) is 0 Å². The molecule has 0 saturated carbocycles. The molecule has 0 atom stereocenters. The number of allylic oxidation sites excluding steroid dienone is 1. The molecule has 0 spiro atoms. The molecule has 0 bridgehead atoms. The molecule has 1 heterocycles. The summed E-state index contributed by atoms with van der Waals surface area (Å²) in [4.78, 5) is 10.7. The van der Waals surface area contributed by atoms with Gasteiger partial charge in [-0.2, -0.15) is 0 Å². The maximum absolute atomic E-state index is 10.7. The fraction of sp³-hybridized carbons (Fsp3) is 0.167. The van der Waals surface area contributed by atoms with Crippen molar-refractivity contribution in [3.63, 3.8) is 0 Å². The lowest BCUT2D eigenvalue weighted by Gasteiger charge is -2.16. The highest BCUT2D eigenvalue weighted by Crippen LogP contribution is 1.99. The largest absolute Gasteiger partial charge is 0.344 e. The topological polar surface area (TPSA) is 41.1 Å². The van der Waals surface area contributed by atoms with Crippen molar-refractivity contribution in [2.24, 2.45) is 0 Å². The van der Waals surface area contributed by atoms with Crippen molar-refractivity contribution in [2.45, 2.75) is 0 Å². The van der Waals surface area contributed by atoms with E-state index in [0.717, 1.165) is 0 Å². The number of halogens is 1. The van der Waals surface area contributed by atoms with E-state index in [4.69, 9.17) is 11.6 Å². The Morgan fingerprint density at radius 3 is 2.80 bits per heavy atom. The predicted molar refractivity (Wildman–Crippen MR) is 39.2 cm³/mol. The number of amides is 1. The Hall–Kier alpha value is -0.960. The number of rotatable bonds is 1. The summed E-state index contributed by atoms with van der Waals surface area (Å²) in [7, 11) is 0. The van der Waals surface area contributed by atoms with Crippen LogP contribution in [0.1, 0.15) is 0 Å². The van der Waals surface area contributed by atoms with Gasteiger partial charge in [-0.25, -0.2) is 0 Å². The van der Waals surface area contributed by atoms with Crippen LogP contribution in [-0.4, -0.2) is 11.8 Å². The summed E-state index contributed by atoms with van der Waals surface area (Å²) in [5.74, 6) is 0.592. The SMILES string of the molecule is C=C1NC(=O)C=C(CCl)N1. The van der Waals surface area contributed by atoms with Crippen LogP contribution in [0.4, 0.5) is 0 Å². The molecule has 0 aromatic heterocycles. The first-order chi connectivity index (χ1) is 4.72. The van der Waals surface area contributed by atoms with Crippen LogP contribution in [0.15, 0.2) is 24.2 Å². The quantitative estimate of drug-likeness (QED) is 0.539. The molecule has 0 radical (unpaired) electrons. The minimum Gasteiger partial charge on any atom is -0.344 e. The van der Waals surface area contributed by atoms with Gasteiger partial charge in [-0.15, -0.1) is 11.6 Å². The maximum atomic E-state index is 10.7. The zero-order chi connectivity index (χ0) is 7.56. The van der Waals surface area contributed by atoms with Crippen molar-refractivity contribution in [2.75, 3.05) is 5.88 Å². The normalized spacial score (nSPS) is 17.5. The number of carbonyl (C=O) groups excluding carboxylic acids is 1. The number of hydrogen-bond acceptors (Lipinski definition) is 2. The lowest BCUT2D eigenvalue weighted by molar-refractivity contribution is -0.116. The lowest BCUT2D eigenvalue weighted by atomic mass is 10.3. The highest BCUT2D eigenvalue weighted by Gasteiger charge is 2.08. The minimum atomic E-state index is -0.181. The first-order valence-electron chi connectivity index (χ1n) is 2.76. The molecule has 0 aromatic rings. The summed E-state index contributed by atoms with van der Waals surface area (Å²) in [6, 6.07) is 0. The van der Waals surface area contributed by atoms with Crippen molar-refractivity contribution < 1.29 is 4.79 Å². The van der Waals surface area contributed by atoms with E-state index in [9.17, 15) is 4.79 Å². The Bertz CT molecular complexity index is 210. The minimum absolute atomic E-state index is 0.181. The molecule has 0 fully saturated rings. The molecule has 0 unspecified atom stereocenters. The van der Waals surface area contributed by atoms with Gasteiger partial charge in [-0.1, -0.05) is 6.58 Å². The van der Waals surface area contributed by atoms with E-state index < -0.39 is 0 Å². The van der Waals surface area contributed by atoms with Crippen molar-refractivity contribution in [1.82, 2.24) is 10.6 Å². The van der Waals surface area contributed by atoms with Crippen molar-refractivity contribution >= 4 is 17.5 Å². The van der Waals surface area contributed by atoms with Crippen LogP contribution >= 0.6 is 11.6 Å². The summed E-state index contributed by atoms with van der Waals surface area (Å²) >= 11 is 5.46. The molecular weight excluding hydrogens is 152 g/mol. The summed E-state index contributed by atoms with van der Waals surface area (Å²) in [5.41, 5.74) is 0.676. The molecule has 4 heteroatoms. The second kappa shape index (κ2) is 2.75. The van der Waals surface area contributed by atoms with Crippen LogP contribution in [0.5, 0.6) is 0 Å². The standard InChI is InChI=1S/C6H7ClN2O/c1-4-8-5(3-7)2-6(10)9-4/h2,8H,1,3H2,(H,9,10). The Kier molecular flexibility index (Phi) is 1.97. The Balaban J connectivity index is 2.74.